The van der Waals surface area contributed by atoms with E-state index in [1.54, 1.807) is 26.0 Å². The highest BCUT2D eigenvalue weighted by molar-refractivity contribution is 5.87. The van der Waals surface area contributed by atoms with E-state index in [2.05, 4.69) is 5.32 Å². The number of aryl methyl sites for hydroxylation is 2. The van der Waals surface area contributed by atoms with Gasteiger partial charge >= 0.3 is 17.7 Å². The second-order valence-corrected chi connectivity index (χ2v) is 6.66. The Bertz CT molecular complexity index is 1100. The van der Waals surface area contributed by atoms with Crippen LogP contribution in [-0.2, 0) is 16.1 Å². The fourth-order valence-electron chi connectivity index (χ4n) is 2.81. The molecule has 1 N–H and O–H groups in total. The molecular weight excluding hydrogens is 374 g/mol. The average Bonchev–Trinajstić information content (AvgIpc) is 2.69. The molecule has 7 heteroatoms. The van der Waals surface area contributed by atoms with E-state index >= 15 is 0 Å². The highest BCUT2D eigenvalue weighted by Gasteiger charge is 2.20. The van der Waals surface area contributed by atoms with E-state index in [1.807, 2.05) is 30.3 Å². The molecule has 0 spiro atoms. The number of esters is 1. The Labute approximate surface area is 167 Å². The van der Waals surface area contributed by atoms with Crippen LogP contribution in [0.2, 0.25) is 0 Å². The smallest absolute Gasteiger partial charge is 0.408 e. The molecule has 0 unspecified atom stereocenters. The maximum absolute atomic E-state index is 12.4. The van der Waals surface area contributed by atoms with Gasteiger partial charge in [0.05, 0.1) is 0 Å². The first-order valence-electron chi connectivity index (χ1n) is 9.08. The zero-order valence-corrected chi connectivity index (χ0v) is 16.4. The number of fused-ring (bicyclic) bond motifs is 1. The summed E-state index contributed by atoms with van der Waals surface area (Å²) in [6, 6.07) is 13.0. The molecule has 0 aliphatic rings. The van der Waals surface area contributed by atoms with Crippen LogP contribution in [0.1, 0.15) is 23.6 Å². The van der Waals surface area contributed by atoms with Crippen molar-refractivity contribution >= 4 is 23.0 Å². The number of ether oxygens (including phenoxy) is 2. The summed E-state index contributed by atoms with van der Waals surface area (Å²) in [5.41, 5.74) is 2.02. The van der Waals surface area contributed by atoms with E-state index in [4.69, 9.17) is 13.9 Å². The van der Waals surface area contributed by atoms with Crippen LogP contribution >= 0.6 is 0 Å². The number of carbonyl (C=O) groups is 2. The number of rotatable bonds is 5. The largest absolute Gasteiger partial charge is 0.445 e. The average molecular weight is 395 g/mol. The molecule has 0 aliphatic carbocycles. The Morgan fingerprint density at radius 1 is 1.10 bits per heavy atom. The van der Waals surface area contributed by atoms with Crippen molar-refractivity contribution in [2.75, 3.05) is 0 Å². The summed E-state index contributed by atoms with van der Waals surface area (Å²) in [5.74, 6) is -0.415. The van der Waals surface area contributed by atoms with Crippen molar-refractivity contribution in [3.05, 3.63) is 75.6 Å². The predicted molar refractivity (Wildman–Crippen MR) is 107 cm³/mol. The third-order valence-electron chi connectivity index (χ3n) is 4.43. The molecule has 0 radical (unpaired) electrons. The molecular formula is C22H21NO6. The molecule has 29 heavy (non-hydrogen) atoms. The molecule has 7 nitrogen and oxygen atoms in total. The first-order valence-corrected chi connectivity index (χ1v) is 9.08. The number of nitrogens with one attached hydrogen (secondary N) is 1. The normalized spacial score (nSPS) is 11.7. The van der Waals surface area contributed by atoms with Gasteiger partial charge in [-0.1, -0.05) is 30.3 Å². The van der Waals surface area contributed by atoms with Crippen molar-refractivity contribution in [1.29, 1.82) is 0 Å². The monoisotopic (exact) mass is 395 g/mol. The van der Waals surface area contributed by atoms with Crippen molar-refractivity contribution in [2.24, 2.45) is 0 Å². The number of hydrogen-bond donors (Lipinski definition) is 1. The van der Waals surface area contributed by atoms with E-state index in [0.717, 1.165) is 16.5 Å². The molecule has 2 aromatic carbocycles. The van der Waals surface area contributed by atoms with Gasteiger partial charge in [0.1, 0.15) is 24.0 Å². The van der Waals surface area contributed by atoms with Gasteiger partial charge in [-0.05, 0) is 44.0 Å². The molecule has 0 bridgehead atoms. The van der Waals surface area contributed by atoms with Gasteiger partial charge < -0.3 is 19.2 Å². The first kappa shape index (κ1) is 20.1. The van der Waals surface area contributed by atoms with Crippen molar-refractivity contribution in [3.63, 3.8) is 0 Å². The second kappa shape index (κ2) is 8.60. The van der Waals surface area contributed by atoms with E-state index in [-0.39, 0.29) is 12.4 Å². The molecule has 1 amide bonds. The predicted octanol–water partition coefficient (Wildman–Crippen LogP) is 3.63. The van der Waals surface area contributed by atoms with Crippen LogP contribution in [0.5, 0.6) is 5.75 Å². The van der Waals surface area contributed by atoms with Gasteiger partial charge in [0.2, 0.25) is 0 Å². The lowest BCUT2D eigenvalue weighted by atomic mass is 10.1. The number of carbonyl (C=O) groups excluding carboxylic acids is 2. The Kier molecular flexibility index (Phi) is 5.97. The van der Waals surface area contributed by atoms with Crippen LogP contribution in [0, 0.1) is 13.8 Å². The number of amides is 1. The fourth-order valence-corrected chi connectivity index (χ4v) is 2.81. The zero-order valence-electron chi connectivity index (χ0n) is 16.4. The Hall–Kier alpha value is -3.61. The molecule has 0 fully saturated rings. The minimum Gasteiger partial charge on any atom is -0.445 e. The molecule has 150 valence electrons. The topological polar surface area (TPSA) is 94.8 Å². The minimum absolute atomic E-state index is 0.0939. The Morgan fingerprint density at radius 3 is 2.55 bits per heavy atom. The molecule has 3 rings (SSSR count). The number of hydrogen-bond acceptors (Lipinski definition) is 6. The highest BCUT2D eigenvalue weighted by atomic mass is 16.6. The van der Waals surface area contributed by atoms with Crippen LogP contribution in [0.15, 0.2) is 57.7 Å². The Morgan fingerprint density at radius 2 is 1.83 bits per heavy atom. The maximum atomic E-state index is 12.4. The van der Waals surface area contributed by atoms with E-state index in [1.165, 1.54) is 13.0 Å². The molecule has 1 aromatic heterocycles. The summed E-state index contributed by atoms with van der Waals surface area (Å²) in [6.07, 6.45) is -0.727. The maximum Gasteiger partial charge on any atom is 0.408 e. The van der Waals surface area contributed by atoms with Gasteiger partial charge in [-0.2, -0.15) is 0 Å². The van der Waals surface area contributed by atoms with Gasteiger partial charge in [0, 0.05) is 17.0 Å². The molecule has 0 saturated carbocycles. The van der Waals surface area contributed by atoms with Gasteiger partial charge in [0.15, 0.2) is 0 Å². The lowest BCUT2D eigenvalue weighted by molar-refractivity contribution is -0.136. The fraction of sp³-hybridized carbons (Fsp3) is 0.227. The summed E-state index contributed by atoms with van der Waals surface area (Å²) in [5, 5.41) is 3.20. The van der Waals surface area contributed by atoms with Gasteiger partial charge in [-0.25, -0.2) is 14.4 Å². The van der Waals surface area contributed by atoms with Gasteiger partial charge in [0.25, 0.3) is 0 Å². The summed E-state index contributed by atoms with van der Waals surface area (Å²) >= 11 is 0. The lowest BCUT2D eigenvalue weighted by Gasteiger charge is -2.15. The first-order chi connectivity index (χ1) is 13.8. The van der Waals surface area contributed by atoms with Gasteiger partial charge in [-0.15, -0.1) is 0 Å². The van der Waals surface area contributed by atoms with Crippen molar-refractivity contribution in [2.45, 2.75) is 33.4 Å². The zero-order chi connectivity index (χ0) is 21.0. The Balaban J connectivity index is 1.64. The third kappa shape index (κ3) is 4.82. The number of benzene rings is 2. The molecule has 0 aliphatic heterocycles. The number of alkyl carbamates (subject to hydrolysis) is 1. The van der Waals surface area contributed by atoms with Crippen LogP contribution < -0.4 is 15.7 Å². The van der Waals surface area contributed by atoms with Crippen molar-refractivity contribution in [1.82, 2.24) is 5.32 Å². The van der Waals surface area contributed by atoms with Gasteiger partial charge in [-0.3, -0.25) is 0 Å². The lowest BCUT2D eigenvalue weighted by Crippen LogP contribution is -2.41. The van der Waals surface area contributed by atoms with Crippen LogP contribution in [0.3, 0.4) is 0 Å². The summed E-state index contributed by atoms with van der Waals surface area (Å²) in [6.45, 7) is 5.08. The molecule has 3 aromatic rings. The van der Waals surface area contributed by atoms with Crippen LogP contribution in [-0.4, -0.2) is 18.1 Å². The molecule has 1 heterocycles. The summed E-state index contributed by atoms with van der Waals surface area (Å²) in [7, 11) is 0. The van der Waals surface area contributed by atoms with E-state index in [9.17, 15) is 14.4 Å². The molecule has 0 saturated heterocycles. The second-order valence-electron chi connectivity index (χ2n) is 6.66. The van der Waals surface area contributed by atoms with E-state index < -0.39 is 23.7 Å². The standard InChI is InChI=1S/C22H21NO6/c1-13-11-19(24)29-20-14(2)18(10-9-17(13)20)28-21(25)15(3)23-22(26)27-12-16-7-5-4-6-8-16/h4-11,15H,12H2,1-3H3,(H,23,26)/t15-/m0/s1. The van der Waals surface area contributed by atoms with Crippen molar-refractivity contribution in [3.8, 4) is 5.75 Å². The summed E-state index contributed by atoms with van der Waals surface area (Å²) < 4.78 is 15.7. The highest BCUT2D eigenvalue weighted by Crippen LogP contribution is 2.28. The third-order valence-corrected chi connectivity index (χ3v) is 4.43. The summed E-state index contributed by atoms with van der Waals surface area (Å²) in [4.78, 5) is 35.9. The quantitative estimate of drug-likeness (QED) is 0.403. The minimum atomic E-state index is -0.933. The van der Waals surface area contributed by atoms with Crippen LogP contribution in [0.4, 0.5) is 4.79 Å². The van der Waals surface area contributed by atoms with Crippen LogP contribution in [0.25, 0.3) is 11.0 Å². The molecule has 1 atom stereocenters. The van der Waals surface area contributed by atoms with E-state index in [0.29, 0.717) is 11.1 Å². The van der Waals surface area contributed by atoms with Crippen molar-refractivity contribution < 1.29 is 23.5 Å². The SMILES string of the molecule is Cc1cc(=O)oc2c(C)c(OC(=O)[C@H](C)NC(=O)OCc3ccccc3)ccc12.